The van der Waals surface area contributed by atoms with Crippen LogP contribution in [0.2, 0.25) is 0 Å². The minimum Gasteiger partial charge on any atom is -0.338 e. The summed E-state index contributed by atoms with van der Waals surface area (Å²) in [5.41, 5.74) is 0.751. The van der Waals surface area contributed by atoms with Gasteiger partial charge in [0.05, 0.1) is 24.3 Å². The summed E-state index contributed by atoms with van der Waals surface area (Å²) in [7, 11) is 0. The monoisotopic (exact) mass is 375 g/mol. The van der Waals surface area contributed by atoms with Gasteiger partial charge in [-0.3, -0.25) is 14.4 Å². The molecule has 0 saturated carbocycles. The molecule has 0 spiro atoms. The van der Waals surface area contributed by atoms with Crippen molar-refractivity contribution < 1.29 is 9.18 Å². The van der Waals surface area contributed by atoms with Crippen LogP contribution < -0.4 is 10.2 Å². The van der Waals surface area contributed by atoms with E-state index in [2.05, 4.69) is 30.2 Å². The van der Waals surface area contributed by atoms with Gasteiger partial charge in [-0.25, -0.2) is 14.4 Å². The third-order valence-electron chi connectivity index (χ3n) is 4.61. The van der Waals surface area contributed by atoms with Crippen LogP contribution in [0.3, 0.4) is 0 Å². The van der Waals surface area contributed by atoms with Gasteiger partial charge in [-0.05, 0) is 19.4 Å². The Bertz CT molecular complexity index is 726. The Morgan fingerprint density at radius 3 is 2.52 bits per heavy atom. The van der Waals surface area contributed by atoms with Crippen molar-refractivity contribution >= 4 is 17.5 Å². The SMILES string of the molecule is CCC(=O)Nc1cnn(CCCCN2CCN(c3ncc(F)cn3)CC2)c1. The standard InChI is InChI=1S/C18H26FN7O/c1-2-17(27)23-16-13-22-26(14-16)6-4-3-5-24-7-9-25(10-8-24)18-20-11-15(19)12-21-18/h11-14H,2-10H2,1H3,(H,23,27). The van der Waals surface area contributed by atoms with E-state index in [1.807, 2.05) is 17.8 Å². The molecule has 27 heavy (non-hydrogen) atoms. The minimum atomic E-state index is -0.408. The van der Waals surface area contributed by atoms with E-state index in [4.69, 9.17) is 0 Å². The van der Waals surface area contributed by atoms with Gasteiger partial charge in [-0.15, -0.1) is 0 Å². The van der Waals surface area contributed by atoms with E-state index in [0.717, 1.165) is 57.8 Å². The molecule has 146 valence electrons. The van der Waals surface area contributed by atoms with Crippen LogP contribution in [0.1, 0.15) is 26.2 Å². The van der Waals surface area contributed by atoms with Crippen LogP contribution in [-0.4, -0.2) is 63.3 Å². The number of hydrogen-bond donors (Lipinski definition) is 1. The van der Waals surface area contributed by atoms with Crippen molar-refractivity contribution in [2.45, 2.75) is 32.7 Å². The highest BCUT2D eigenvalue weighted by Gasteiger charge is 2.18. The largest absolute Gasteiger partial charge is 0.338 e. The third-order valence-corrected chi connectivity index (χ3v) is 4.61. The first kappa shape index (κ1) is 19.2. The van der Waals surface area contributed by atoms with E-state index in [1.54, 1.807) is 6.20 Å². The molecule has 1 aliphatic heterocycles. The maximum atomic E-state index is 12.9. The predicted octanol–water partition coefficient (Wildman–Crippen LogP) is 1.76. The summed E-state index contributed by atoms with van der Waals surface area (Å²) in [6.07, 6.45) is 8.56. The molecule has 0 bridgehead atoms. The first-order chi connectivity index (χ1) is 13.1. The molecule has 0 aromatic carbocycles. The Balaban J connectivity index is 1.32. The van der Waals surface area contributed by atoms with Crippen LogP contribution in [0.5, 0.6) is 0 Å². The molecule has 0 radical (unpaired) electrons. The molecule has 1 N–H and O–H groups in total. The van der Waals surface area contributed by atoms with Gasteiger partial charge in [0.2, 0.25) is 11.9 Å². The van der Waals surface area contributed by atoms with Crippen LogP contribution in [0.25, 0.3) is 0 Å². The lowest BCUT2D eigenvalue weighted by atomic mass is 10.2. The lowest BCUT2D eigenvalue weighted by Gasteiger charge is -2.34. The van der Waals surface area contributed by atoms with Crippen molar-refractivity contribution in [1.82, 2.24) is 24.6 Å². The van der Waals surface area contributed by atoms with Crippen LogP contribution in [0.15, 0.2) is 24.8 Å². The molecule has 0 unspecified atom stereocenters. The van der Waals surface area contributed by atoms with Gasteiger partial charge in [0.15, 0.2) is 5.82 Å². The molecule has 8 nitrogen and oxygen atoms in total. The van der Waals surface area contributed by atoms with E-state index >= 15 is 0 Å². The van der Waals surface area contributed by atoms with E-state index in [1.165, 1.54) is 12.4 Å². The predicted molar refractivity (Wildman–Crippen MR) is 101 cm³/mol. The van der Waals surface area contributed by atoms with Crippen LogP contribution in [-0.2, 0) is 11.3 Å². The summed E-state index contributed by atoms with van der Waals surface area (Å²) in [5.74, 6) is 0.190. The average Bonchev–Trinajstić information content (AvgIpc) is 3.13. The maximum Gasteiger partial charge on any atom is 0.225 e. The van der Waals surface area contributed by atoms with Crippen LogP contribution >= 0.6 is 0 Å². The quantitative estimate of drug-likeness (QED) is 0.709. The number of rotatable bonds is 8. The van der Waals surface area contributed by atoms with Gasteiger partial charge in [0.1, 0.15) is 0 Å². The molecule has 1 aliphatic rings. The lowest BCUT2D eigenvalue weighted by Crippen LogP contribution is -2.47. The van der Waals surface area contributed by atoms with E-state index in [9.17, 15) is 9.18 Å². The summed E-state index contributed by atoms with van der Waals surface area (Å²) in [6.45, 7) is 7.32. The summed E-state index contributed by atoms with van der Waals surface area (Å²) in [6, 6.07) is 0. The lowest BCUT2D eigenvalue weighted by molar-refractivity contribution is -0.115. The van der Waals surface area contributed by atoms with Gasteiger partial charge in [0.25, 0.3) is 0 Å². The van der Waals surface area contributed by atoms with Gasteiger partial charge in [-0.2, -0.15) is 5.10 Å². The molecule has 1 amide bonds. The van der Waals surface area contributed by atoms with Crippen molar-refractivity contribution in [3.8, 4) is 0 Å². The fraction of sp³-hybridized carbons (Fsp3) is 0.556. The highest BCUT2D eigenvalue weighted by atomic mass is 19.1. The van der Waals surface area contributed by atoms with Crippen molar-refractivity contribution in [1.29, 1.82) is 0 Å². The molecule has 2 aromatic heterocycles. The number of aryl methyl sites for hydroxylation is 1. The Hall–Kier alpha value is -2.55. The third kappa shape index (κ3) is 5.72. The van der Waals surface area contributed by atoms with Crippen molar-refractivity contribution in [3.05, 3.63) is 30.6 Å². The van der Waals surface area contributed by atoms with Gasteiger partial charge in [0, 0.05) is 45.3 Å². The summed E-state index contributed by atoms with van der Waals surface area (Å²) < 4.78 is 14.8. The Morgan fingerprint density at radius 1 is 1.11 bits per heavy atom. The molecule has 1 fully saturated rings. The Kier molecular flexibility index (Phi) is 6.69. The Morgan fingerprint density at radius 2 is 1.81 bits per heavy atom. The zero-order chi connectivity index (χ0) is 19.1. The highest BCUT2D eigenvalue weighted by molar-refractivity contribution is 5.90. The number of piperazine rings is 1. The number of unbranched alkanes of at least 4 members (excludes halogenated alkanes) is 1. The van der Waals surface area contributed by atoms with E-state index in [-0.39, 0.29) is 5.91 Å². The van der Waals surface area contributed by atoms with Crippen molar-refractivity contribution in [2.75, 3.05) is 42.9 Å². The first-order valence-corrected chi connectivity index (χ1v) is 9.41. The van der Waals surface area contributed by atoms with Gasteiger partial charge >= 0.3 is 0 Å². The molecule has 0 atom stereocenters. The summed E-state index contributed by atoms with van der Waals surface area (Å²) >= 11 is 0. The highest BCUT2D eigenvalue weighted by Crippen LogP contribution is 2.11. The number of anilines is 2. The second-order valence-corrected chi connectivity index (χ2v) is 6.63. The Labute approximate surface area is 158 Å². The molecule has 2 aromatic rings. The molecular weight excluding hydrogens is 349 g/mol. The summed E-state index contributed by atoms with van der Waals surface area (Å²) in [5, 5.41) is 7.09. The number of carbonyl (C=O) groups is 1. The number of hydrogen-bond acceptors (Lipinski definition) is 6. The minimum absolute atomic E-state index is 0.000250. The molecule has 9 heteroatoms. The van der Waals surface area contributed by atoms with Gasteiger partial charge in [-0.1, -0.05) is 6.92 Å². The number of amides is 1. The fourth-order valence-electron chi connectivity index (χ4n) is 3.05. The van der Waals surface area contributed by atoms with Gasteiger partial charge < -0.3 is 10.2 Å². The number of halogens is 1. The number of carbonyl (C=O) groups excluding carboxylic acids is 1. The molecule has 3 rings (SSSR count). The van der Waals surface area contributed by atoms with Crippen molar-refractivity contribution in [2.24, 2.45) is 0 Å². The normalized spacial score (nSPS) is 15.1. The second kappa shape index (κ2) is 9.40. The number of nitrogens with zero attached hydrogens (tertiary/aromatic N) is 6. The maximum absolute atomic E-state index is 12.9. The second-order valence-electron chi connectivity index (χ2n) is 6.63. The number of nitrogens with one attached hydrogen (secondary N) is 1. The zero-order valence-corrected chi connectivity index (χ0v) is 15.6. The first-order valence-electron chi connectivity index (χ1n) is 9.41. The molecule has 3 heterocycles. The van der Waals surface area contributed by atoms with Crippen LogP contribution in [0, 0.1) is 5.82 Å². The number of aromatic nitrogens is 4. The van der Waals surface area contributed by atoms with Crippen LogP contribution in [0.4, 0.5) is 16.0 Å². The average molecular weight is 375 g/mol. The van der Waals surface area contributed by atoms with E-state index in [0.29, 0.717) is 12.4 Å². The molecular formula is C18H26FN7O. The summed E-state index contributed by atoms with van der Waals surface area (Å²) in [4.78, 5) is 24.0. The van der Waals surface area contributed by atoms with E-state index < -0.39 is 5.82 Å². The molecule has 0 aliphatic carbocycles. The zero-order valence-electron chi connectivity index (χ0n) is 15.6. The van der Waals surface area contributed by atoms with Crippen molar-refractivity contribution in [3.63, 3.8) is 0 Å². The smallest absolute Gasteiger partial charge is 0.225 e. The topological polar surface area (TPSA) is 79.2 Å². The molecule has 1 saturated heterocycles. The fourth-order valence-corrected chi connectivity index (χ4v) is 3.05.